The minimum Gasteiger partial charge on any atom is -0.314 e. The lowest BCUT2D eigenvalue weighted by molar-refractivity contribution is 0.164. The summed E-state index contributed by atoms with van der Waals surface area (Å²) in [4.78, 5) is 2.45. The van der Waals surface area contributed by atoms with Gasteiger partial charge in [0.25, 0.3) is 0 Å². The zero-order chi connectivity index (χ0) is 7.56. The Morgan fingerprint density at radius 3 is 2.08 bits per heavy atom. The first-order valence-electron chi connectivity index (χ1n) is 4.11. The molecule has 0 aromatic carbocycles. The van der Waals surface area contributed by atoms with Crippen molar-refractivity contribution in [2.75, 3.05) is 26.7 Å². The molecule has 0 aromatic rings. The van der Waals surface area contributed by atoms with Gasteiger partial charge >= 0.3 is 0 Å². The third kappa shape index (κ3) is 4.51. The first kappa shape index (κ1) is 15.0. The van der Waals surface area contributed by atoms with E-state index in [1.54, 1.807) is 0 Å². The number of likely N-dealkylation sites (N-methyl/N-ethyl adjacent to an activating group) is 1. The van der Waals surface area contributed by atoms with E-state index >= 15 is 0 Å². The van der Waals surface area contributed by atoms with Crippen LogP contribution < -0.4 is 5.32 Å². The lowest BCUT2D eigenvalue weighted by Crippen LogP contribution is -2.56. The molecule has 1 heterocycles. The summed E-state index contributed by atoms with van der Waals surface area (Å²) in [5.41, 5.74) is 0. The molecular formula is C8H20Cl2N2. The zero-order valence-electron chi connectivity index (χ0n) is 8.04. The van der Waals surface area contributed by atoms with Crippen LogP contribution in [0.2, 0.25) is 0 Å². The van der Waals surface area contributed by atoms with Crippen molar-refractivity contribution in [2.45, 2.75) is 19.9 Å². The summed E-state index contributed by atoms with van der Waals surface area (Å²) in [7, 11) is 2.21. The predicted octanol–water partition coefficient (Wildman–Crippen LogP) is 1.39. The monoisotopic (exact) mass is 214 g/mol. The zero-order valence-corrected chi connectivity index (χ0v) is 9.67. The quantitative estimate of drug-likeness (QED) is 0.765. The molecule has 1 rings (SSSR count). The molecule has 0 atom stereocenters. The summed E-state index contributed by atoms with van der Waals surface area (Å²) in [5, 5.41) is 3.27. The van der Waals surface area contributed by atoms with Crippen LogP contribution in [-0.4, -0.2) is 37.6 Å². The molecule has 0 bridgehead atoms. The molecule has 0 radical (unpaired) electrons. The number of nitrogens with zero attached hydrogens (tertiary/aromatic N) is 1. The van der Waals surface area contributed by atoms with E-state index in [4.69, 9.17) is 0 Å². The molecule has 0 saturated carbocycles. The van der Waals surface area contributed by atoms with Gasteiger partial charge in [0.05, 0.1) is 0 Å². The van der Waals surface area contributed by atoms with E-state index in [9.17, 15) is 0 Å². The highest BCUT2D eigenvalue weighted by molar-refractivity contribution is 5.85. The lowest BCUT2D eigenvalue weighted by atomic mass is 10.1. The van der Waals surface area contributed by atoms with Crippen LogP contribution in [0.3, 0.4) is 0 Å². The number of hydrogen-bond donors (Lipinski definition) is 1. The van der Waals surface area contributed by atoms with Gasteiger partial charge in [-0.05, 0) is 13.0 Å². The van der Waals surface area contributed by atoms with Gasteiger partial charge in [0.15, 0.2) is 0 Å². The van der Waals surface area contributed by atoms with E-state index in [1.807, 2.05) is 0 Å². The molecule has 0 aliphatic carbocycles. The number of halogens is 2. The van der Waals surface area contributed by atoms with Crippen LogP contribution in [0.5, 0.6) is 0 Å². The Morgan fingerprint density at radius 2 is 1.83 bits per heavy atom. The van der Waals surface area contributed by atoms with Crippen molar-refractivity contribution in [3.05, 3.63) is 0 Å². The van der Waals surface area contributed by atoms with E-state index in [0.717, 1.165) is 12.0 Å². The molecule has 2 nitrogen and oxygen atoms in total. The van der Waals surface area contributed by atoms with Crippen LogP contribution in [0.1, 0.15) is 13.8 Å². The van der Waals surface area contributed by atoms with E-state index in [-0.39, 0.29) is 24.8 Å². The Morgan fingerprint density at radius 1 is 1.33 bits per heavy atom. The van der Waals surface area contributed by atoms with E-state index < -0.39 is 0 Å². The second-order valence-corrected chi connectivity index (χ2v) is 3.65. The van der Waals surface area contributed by atoms with Gasteiger partial charge in [0, 0.05) is 25.7 Å². The first-order chi connectivity index (χ1) is 4.70. The molecule has 0 unspecified atom stereocenters. The van der Waals surface area contributed by atoms with E-state index in [2.05, 4.69) is 31.1 Å². The maximum atomic E-state index is 3.27. The second kappa shape index (κ2) is 6.96. The van der Waals surface area contributed by atoms with Crippen molar-refractivity contribution in [1.29, 1.82) is 0 Å². The average Bonchev–Trinajstić information content (AvgIpc) is 1.55. The molecule has 1 aliphatic heterocycles. The molecular weight excluding hydrogens is 195 g/mol. The van der Waals surface area contributed by atoms with Gasteiger partial charge in [-0.1, -0.05) is 13.8 Å². The Balaban J connectivity index is 0. The van der Waals surface area contributed by atoms with Crippen LogP contribution in [0, 0.1) is 5.92 Å². The molecule has 4 heteroatoms. The Bertz CT molecular complexity index is 105. The van der Waals surface area contributed by atoms with Crippen molar-refractivity contribution >= 4 is 24.8 Å². The van der Waals surface area contributed by atoms with Crippen LogP contribution >= 0.6 is 24.8 Å². The third-order valence-electron chi connectivity index (χ3n) is 2.04. The van der Waals surface area contributed by atoms with Crippen LogP contribution in [0.4, 0.5) is 0 Å². The topological polar surface area (TPSA) is 15.3 Å². The van der Waals surface area contributed by atoms with Crippen molar-refractivity contribution in [3.8, 4) is 0 Å². The molecule has 76 valence electrons. The molecule has 1 fully saturated rings. The fraction of sp³-hybridized carbons (Fsp3) is 1.00. The van der Waals surface area contributed by atoms with Crippen molar-refractivity contribution in [1.82, 2.24) is 10.2 Å². The van der Waals surface area contributed by atoms with Gasteiger partial charge in [-0.15, -0.1) is 24.8 Å². The van der Waals surface area contributed by atoms with Gasteiger partial charge in [-0.2, -0.15) is 0 Å². The average molecular weight is 215 g/mol. The van der Waals surface area contributed by atoms with Gasteiger partial charge in [0.1, 0.15) is 0 Å². The predicted molar refractivity (Wildman–Crippen MR) is 58.6 cm³/mol. The normalized spacial score (nSPS) is 16.8. The SMILES string of the molecule is CC(C)CN(C)C1CNC1.Cl.Cl. The number of rotatable bonds is 3. The van der Waals surface area contributed by atoms with E-state index in [0.29, 0.717) is 0 Å². The minimum atomic E-state index is 0. The molecule has 0 spiro atoms. The fourth-order valence-electron chi connectivity index (χ4n) is 1.31. The Kier molecular flexibility index (Phi) is 8.69. The maximum Gasteiger partial charge on any atom is 0.0342 e. The summed E-state index contributed by atoms with van der Waals surface area (Å²) in [6.45, 7) is 8.13. The molecule has 0 amide bonds. The summed E-state index contributed by atoms with van der Waals surface area (Å²) in [6, 6.07) is 0.808. The summed E-state index contributed by atoms with van der Waals surface area (Å²) >= 11 is 0. The fourth-order valence-corrected chi connectivity index (χ4v) is 1.31. The van der Waals surface area contributed by atoms with Gasteiger partial charge in [0.2, 0.25) is 0 Å². The lowest BCUT2D eigenvalue weighted by Gasteiger charge is -2.36. The van der Waals surface area contributed by atoms with Gasteiger partial charge in [-0.25, -0.2) is 0 Å². The molecule has 1 saturated heterocycles. The summed E-state index contributed by atoms with van der Waals surface area (Å²) in [5.74, 6) is 0.797. The number of hydrogen-bond acceptors (Lipinski definition) is 2. The Labute approximate surface area is 87.9 Å². The summed E-state index contributed by atoms with van der Waals surface area (Å²) in [6.07, 6.45) is 0. The highest BCUT2D eigenvalue weighted by Crippen LogP contribution is 2.04. The number of nitrogens with one attached hydrogen (secondary N) is 1. The molecule has 1 aliphatic rings. The first-order valence-corrected chi connectivity index (χ1v) is 4.11. The van der Waals surface area contributed by atoms with Crippen molar-refractivity contribution < 1.29 is 0 Å². The molecule has 1 N–H and O–H groups in total. The van der Waals surface area contributed by atoms with Crippen LogP contribution in [-0.2, 0) is 0 Å². The van der Waals surface area contributed by atoms with Crippen LogP contribution in [0.15, 0.2) is 0 Å². The summed E-state index contributed by atoms with van der Waals surface area (Å²) < 4.78 is 0. The highest BCUT2D eigenvalue weighted by Gasteiger charge is 2.21. The van der Waals surface area contributed by atoms with E-state index in [1.165, 1.54) is 19.6 Å². The Hall–Kier alpha value is 0.500. The highest BCUT2D eigenvalue weighted by atomic mass is 35.5. The largest absolute Gasteiger partial charge is 0.314 e. The van der Waals surface area contributed by atoms with Gasteiger partial charge < -0.3 is 10.2 Å². The smallest absolute Gasteiger partial charge is 0.0342 e. The van der Waals surface area contributed by atoms with Crippen molar-refractivity contribution in [3.63, 3.8) is 0 Å². The molecule has 12 heavy (non-hydrogen) atoms. The molecule has 0 aromatic heterocycles. The minimum absolute atomic E-state index is 0. The second-order valence-electron chi connectivity index (χ2n) is 3.65. The van der Waals surface area contributed by atoms with Crippen LogP contribution in [0.25, 0.3) is 0 Å². The van der Waals surface area contributed by atoms with Gasteiger partial charge in [-0.3, -0.25) is 0 Å². The third-order valence-corrected chi connectivity index (χ3v) is 2.04. The maximum absolute atomic E-state index is 3.27. The standard InChI is InChI=1S/C8H18N2.2ClH/c1-7(2)6-10(3)8-4-9-5-8;;/h7-9H,4-6H2,1-3H3;2*1H. The van der Waals surface area contributed by atoms with Crippen molar-refractivity contribution in [2.24, 2.45) is 5.92 Å².